The molecule has 1 heterocycles. The molecular weight excluding hydrogens is 376 g/mol. The average Bonchev–Trinajstić information content (AvgIpc) is 2.70. The van der Waals surface area contributed by atoms with Crippen molar-refractivity contribution in [2.45, 2.75) is 70.9 Å². The van der Waals surface area contributed by atoms with Gasteiger partial charge in [0.1, 0.15) is 5.75 Å². The highest BCUT2D eigenvalue weighted by Gasteiger charge is 2.30. The van der Waals surface area contributed by atoms with Crippen LogP contribution in [-0.2, 0) is 9.59 Å². The van der Waals surface area contributed by atoms with Crippen LogP contribution in [-0.4, -0.2) is 41.9 Å². The van der Waals surface area contributed by atoms with Gasteiger partial charge in [-0.25, -0.2) is 0 Å². The summed E-state index contributed by atoms with van der Waals surface area (Å²) in [5.41, 5.74) is 0.904. The van der Waals surface area contributed by atoms with Crippen molar-refractivity contribution in [1.29, 1.82) is 0 Å². The smallest absolute Gasteiger partial charge is 0.260 e. The minimum Gasteiger partial charge on any atom is -0.481 e. The van der Waals surface area contributed by atoms with E-state index in [-0.39, 0.29) is 17.9 Å². The lowest BCUT2D eigenvalue weighted by Gasteiger charge is -2.35. The summed E-state index contributed by atoms with van der Waals surface area (Å²) in [6.07, 6.45) is 6.70. The van der Waals surface area contributed by atoms with Crippen LogP contribution in [0.5, 0.6) is 5.75 Å². The van der Waals surface area contributed by atoms with Gasteiger partial charge < -0.3 is 15.0 Å². The summed E-state index contributed by atoms with van der Waals surface area (Å²) in [6, 6.07) is 5.46. The third-order valence-electron chi connectivity index (χ3n) is 5.92. The molecule has 1 N–H and O–H groups in total. The molecule has 1 aromatic rings. The molecule has 2 amide bonds. The van der Waals surface area contributed by atoms with Gasteiger partial charge in [-0.15, -0.1) is 0 Å². The maximum Gasteiger partial charge on any atom is 0.260 e. The van der Waals surface area contributed by atoms with E-state index in [4.69, 9.17) is 16.3 Å². The van der Waals surface area contributed by atoms with Gasteiger partial charge in [0.2, 0.25) is 5.91 Å². The molecule has 3 rings (SSSR count). The van der Waals surface area contributed by atoms with Crippen molar-refractivity contribution in [3.8, 4) is 5.75 Å². The number of benzene rings is 1. The molecule has 0 spiro atoms. The summed E-state index contributed by atoms with van der Waals surface area (Å²) in [4.78, 5) is 27.2. The monoisotopic (exact) mass is 406 g/mol. The fraction of sp³-hybridized carbons (Fsp3) is 0.636. The van der Waals surface area contributed by atoms with Crippen LogP contribution >= 0.6 is 11.6 Å². The van der Waals surface area contributed by atoms with Crippen LogP contribution in [0.1, 0.15) is 57.4 Å². The van der Waals surface area contributed by atoms with E-state index in [1.165, 1.54) is 19.3 Å². The number of ether oxygens (including phenoxy) is 1. The van der Waals surface area contributed by atoms with Crippen molar-refractivity contribution in [3.63, 3.8) is 0 Å². The lowest BCUT2D eigenvalue weighted by atomic mass is 9.87. The van der Waals surface area contributed by atoms with Crippen molar-refractivity contribution in [1.82, 2.24) is 10.2 Å². The molecule has 1 aliphatic heterocycles. The van der Waals surface area contributed by atoms with Crippen molar-refractivity contribution in [2.75, 3.05) is 13.1 Å². The Hall–Kier alpha value is -1.75. The van der Waals surface area contributed by atoms with E-state index >= 15 is 0 Å². The number of carbonyl (C=O) groups is 2. The van der Waals surface area contributed by atoms with Crippen LogP contribution in [0.15, 0.2) is 18.2 Å². The third kappa shape index (κ3) is 5.40. The lowest BCUT2D eigenvalue weighted by molar-refractivity contribution is -0.137. The second-order valence-electron chi connectivity index (χ2n) is 8.11. The maximum atomic E-state index is 12.7. The summed E-state index contributed by atoms with van der Waals surface area (Å²) in [5, 5.41) is 3.73. The zero-order valence-corrected chi connectivity index (χ0v) is 17.6. The summed E-state index contributed by atoms with van der Waals surface area (Å²) in [7, 11) is 0. The number of hydrogen-bond donors (Lipinski definition) is 1. The molecule has 1 saturated heterocycles. The van der Waals surface area contributed by atoms with E-state index < -0.39 is 6.10 Å². The van der Waals surface area contributed by atoms with E-state index in [2.05, 4.69) is 5.32 Å². The van der Waals surface area contributed by atoms with Gasteiger partial charge in [0, 0.05) is 30.1 Å². The van der Waals surface area contributed by atoms with Crippen molar-refractivity contribution in [3.05, 3.63) is 28.8 Å². The number of likely N-dealkylation sites (tertiary alicyclic amines) is 1. The Morgan fingerprint density at radius 2 is 1.82 bits per heavy atom. The molecule has 1 aromatic carbocycles. The minimum atomic E-state index is -0.582. The standard InChI is InChI=1S/C22H31ClN2O3/c1-15-14-18(23)8-9-20(15)28-16(2)21(26)24-19-10-12-25(13-11-19)22(27)17-6-4-3-5-7-17/h8-9,14,16-17,19H,3-7,10-13H2,1-2H3,(H,24,26). The van der Waals surface area contributed by atoms with Gasteiger partial charge in [0.15, 0.2) is 6.10 Å². The zero-order chi connectivity index (χ0) is 20.1. The first-order chi connectivity index (χ1) is 13.4. The Morgan fingerprint density at radius 3 is 2.46 bits per heavy atom. The quantitative estimate of drug-likeness (QED) is 0.800. The molecule has 28 heavy (non-hydrogen) atoms. The molecule has 0 radical (unpaired) electrons. The highest BCUT2D eigenvalue weighted by atomic mass is 35.5. The number of nitrogens with zero attached hydrogens (tertiary/aromatic N) is 1. The molecular formula is C22H31ClN2O3. The van der Waals surface area contributed by atoms with E-state index in [1.54, 1.807) is 19.1 Å². The molecule has 1 unspecified atom stereocenters. The largest absolute Gasteiger partial charge is 0.481 e. The summed E-state index contributed by atoms with van der Waals surface area (Å²) >= 11 is 5.97. The van der Waals surface area contributed by atoms with Crippen LogP contribution in [0, 0.1) is 12.8 Å². The first kappa shape index (κ1) is 21.0. The number of nitrogens with one attached hydrogen (secondary N) is 1. The summed E-state index contributed by atoms with van der Waals surface area (Å²) in [5.74, 6) is 1.08. The van der Waals surface area contributed by atoms with Gasteiger partial charge >= 0.3 is 0 Å². The topological polar surface area (TPSA) is 58.6 Å². The first-order valence-electron chi connectivity index (χ1n) is 10.5. The maximum absolute atomic E-state index is 12.7. The second kappa shape index (κ2) is 9.64. The van der Waals surface area contributed by atoms with Crippen LogP contribution < -0.4 is 10.1 Å². The SMILES string of the molecule is Cc1cc(Cl)ccc1OC(C)C(=O)NC1CCN(C(=O)C2CCCCC2)CC1. The van der Waals surface area contributed by atoms with Gasteiger partial charge in [0.25, 0.3) is 5.91 Å². The van der Waals surface area contributed by atoms with Crippen molar-refractivity contribution >= 4 is 23.4 Å². The van der Waals surface area contributed by atoms with Crippen LogP contribution in [0.2, 0.25) is 5.02 Å². The normalized spacial score (nSPS) is 19.9. The van der Waals surface area contributed by atoms with Crippen LogP contribution in [0.25, 0.3) is 0 Å². The van der Waals surface area contributed by atoms with E-state index in [1.807, 2.05) is 17.9 Å². The predicted molar refractivity (Wildman–Crippen MR) is 111 cm³/mol. The molecule has 154 valence electrons. The number of halogens is 1. The highest BCUT2D eigenvalue weighted by molar-refractivity contribution is 6.30. The number of hydrogen-bond acceptors (Lipinski definition) is 3. The molecule has 2 fully saturated rings. The molecule has 0 aromatic heterocycles. The van der Waals surface area contributed by atoms with Crippen molar-refractivity contribution < 1.29 is 14.3 Å². The zero-order valence-electron chi connectivity index (χ0n) is 16.9. The molecule has 5 nitrogen and oxygen atoms in total. The lowest BCUT2D eigenvalue weighted by Crippen LogP contribution is -2.50. The molecule has 6 heteroatoms. The third-order valence-corrected chi connectivity index (χ3v) is 6.15. The fourth-order valence-electron chi connectivity index (χ4n) is 4.16. The van der Waals surface area contributed by atoms with E-state index in [0.717, 1.165) is 44.3 Å². The molecule has 1 saturated carbocycles. The van der Waals surface area contributed by atoms with Crippen molar-refractivity contribution in [2.24, 2.45) is 5.92 Å². The number of carbonyl (C=O) groups excluding carboxylic acids is 2. The van der Waals surface area contributed by atoms with Gasteiger partial charge in [-0.05, 0) is 63.3 Å². The summed E-state index contributed by atoms with van der Waals surface area (Å²) < 4.78 is 5.81. The Bertz CT molecular complexity index is 695. The Labute approximate surface area is 172 Å². The Morgan fingerprint density at radius 1 is 1.14 bits per heavy atom. The number of amides is 2. The van der Waals surface area contributed by atoms with E-state index in [0.29, 0.717) is 16.7 Å². The Balaban J connectivity index is 1.44. The van der Waals surface area contributed by atoms with Gasteiger partial charge in [0.05, 0.1) is 0 Å². The fourth-order valence-corrected chi connectivity index (χ4v) is 4.39. The van der Waals surface area contributed by atoms with Crippen LogP contribution in [0.3, 0.4) is 0 Å². The van der Waals surface area contributed by atoms with Gasteiger partial charge in [-0.2, -0.15) is 0 Å². The number of rotatable bonds is 5. The van der Waals surface area contributed by atoms with E-state index in [9.17, 15) is 9.59 Å². The molecule has 2 aliphatic rings. The Kier molecular flexibility index (Phi) is 7.22. The van der Waals surface area contributed by atoms with Gasteiger partial charge in [-0.1, -0.05) is 30.9 Å². The second-order valence-corrected chi connectivity index (χ2v) is 8.55. The minimum absolute atomic E-state index is 0.0975. The molecule has 1 atom stereocenters. The first-order valence-corrected chi connectivity index (χ1v) is 10.8. The number of aryl methyl sites for hydroxylation is 1. The molecule has 0 bridgehead atoms. The number of piperidine rings is 1. The van der Waals surface area contributed by atoms with Gasteiger partial charge in [-0.3, -0.25) is 9.59 Å². The highest BCUT2D eigenvalue weighted by Crippen LogP contribution is 2.27. The van der Waals surface area contributed by atoms with Crippen LogP contribution in [0.4, 0.5) is 0 Å². The molecule has 1 aliphatic carbocycles. The average molecular weight is 407 g/mol. The summed E-state index contributed by atoms with van der Waals surface area (Å²) in [6.45, 7) is 5.12. The predicted octanol–water partition coefficient (Wildman–Crippen LogP) is 4.10.